The van der Waals surface area contributed by atoms with Gasteiger partial charge in [0.1, 0.15) is 16.5 Å². The van der Waals surface area contributed by atoms with Crippen molar-refractivity contribution in [1.82, 2.24) is 4.90 Å². The second-order valence-corrected chi connectivity index (χ2v) is 5.66. The molecule has 0 radical (unpaired) electrons. The predicted octanol–water partition coefficient (Wildman–Crippen LogP) is -2.70. The zero-order chi connectivity index (χ0) is 15.8. The number of carbonyl (C=O) groups is 3. The molecule has 112 valence electrons. The van der Waals surface area contributed by atoms with Gasteiger partial charge >= 0.3 is 35.6 Å². The molecule has 0 atom stereocenters. The molecule has 22 heavy (non-hydrogen) atoms. The molecule has 1 saturated heterocycles. The summed E-state index contributed by atoms with van der Waals surface area (Å²) in [5.41, 5.74) is -0.0622. The van der Waals surface area contributed by atoms with Crippen molar-refractivity contribution in [2.45, 2.75) is 18.2 Å². The van der Waals surface area contributed by atoms with Gasteiger partial charge < -0.3 is 4.55 Å². The number of rotatable bonds is 3. The largest absolute Gasteiger partial charge is 1.00 e. The molecular weight excluding hydrogens is 323 g/mol. The molecule has 4 amide bonds. The summed E-state index contributed by atoms with van der Waals surface area (Å²) < 4.78 is 33.0. The number of carbonyl (C=O) groups excluding carboxylic acids is 3. The SMILES string of the molecule is CCN1C(=O)CC(=O)N(c2cccc(S(=O)(=O)[O-])c2)C1=O.[Na+]. The first-order valence-electron chi connectivity index (χ1n) is 5.99. The van der Waals surface area contributed by atoms with Gasteiger partial charge in [-0.15, -0.1) is 0 Å². The molecule has 0 spiro atoms. The van der Waals surface area contributed by atoms with Crippen LogP contribution in [0.4, 0.5) is 10.5 Å². The van der Waals surface area contributed by atoms with Gasteiger partial charge in [0, 0.05) is 6.54 Å². The molecule has 0 aliphatic carbocycles. The van der Waals surface area contributed by atoms with Gasteiger partial charge in [-0.1, -0.05) is 6.07 Å². The molecule has 0 saturated carbocycles. The van der Waals surface area contributed by atoms with Crippen LogP contribution in [-0.2, 0) is 19.7 Å². The van der Waals surface area contributed by atoms with Gasteiger partial charge in [-0.3, -0.25) is 14.5 Å². The zero-order valence-electron chi connectivity index (χ0n) is 12.0. The van der Waals surface area contributed by atoms with Crippen LogP contribution in [0.5, 0.6) is 0 Å². The molecule has 1 aliphatic heterocycles. The monoisotopic (exact) mass is 334 g/mol. The normalized spacial score (nSPS) is 15.8. The van der Waals surface area contributed by atoms with Crippen LogP contribution in [0.2, 0.25) is 0 Å². The molecule has 10 heteroatoms. The van der Waals surface area contributed by atoms with E-state index in [1.807, 2.05) is 0 Å². The summed E-state index contributed by atoms with van der Waals surface area (Å²) in [7, 11) is -4.71. The molecule has 1 aromatic carbocycles. The molecule has 0 N–H and O–H groups in total. The van der Waals surface area contributed by atoms with Crippen molar-refractivity contribution in [1.29, 1.82) is 0 Å². The number of amides is 4. The number of anilines is 1. The average Bonchev–Trinajstić information content (AvgIpc) is 2.38. The molecule has 1 heterocycles. The maximum Gasteiger partial charge on any atom is 1.00 e. The third-order valence-corrected chi connectivity index (χ3v) is 3.79. The molecule has 0 unspecified atom stereocenters. The van der Waals surface area contributed by atoms with Crippen LogP contribution in [0.3, 0.4) is 0 Å². The van der Waals surface area contributed by atoms with E-state index in [4.69, 9.17) is 0 Å². The van der Waals surface area contributed by atoms with Gasteiger partial charge in [-0.05, 0) is 25.1 Å². The number of hydrogen-bond donors (Lipinski definition) is 0. The van der Waals surface area contributed by atoms with Gasteiger partial charge in [0.2, 0.25) is 11.8 Å². The first kappa shape index (κ1) is 18.8. The van der Waals surface area contributed by atoms with Crippen LogP contribution >= 0.6 is 0 Å². The fraction of sp³-hybridized carbons (Fsp3) is 0.250. The molecule has 0 aromatic heterocycles. The quantitative estimate of drug-likeness (QED) is 0.337. The van der Waals surface area contributed by atoms with Crippen LogP contribution in [0.15, 0.2) is 29.2 Å². The van der Waals surface area contributed by atoms with Crippen molar-refractivity contribution in [2.75, 3.05) is 11.4 Å². The Labute approximate surface area is 149 Å². The minimum Gasteiger partial charge on any atom is -0.744 e. The summed E-state index contributed by atoms with van der Waals surface area (Å²) in [6, 6.07) is 3.69. The van der Waals surface area contributed by atoms with Gasteiger partial charge in [0.05, 0.1) is 10.6 Å². The van der Waals surface area contributed by atoms with Crippen molar-refractivity contribution < 1.29 is 56.9 Å². The standard InChI is InChI=1S/C12H12N2O6S.Na/c1-2-13-10(15)7-11(16)14(12(13)17)8-4-3-5-9(6-8)21(18,19)20;/h3-6H,2,7H2,1H3,(H,18,19,20);/q;+1/p-1. The number of nitrogens with zero attached hydrogens (tertiary/aromatic N) is 2. The zero-order valence-corrected chi connectivity index (χ0v) is 14.8. The van der Waals surface area contributed by atoms with Crippen molar-refractivity contribution in [3.05, 3.63) is 24.3 Å². The number of urea groups is 1. The van der Waals surface area contributed by atoms with Crippen LogP contribution in [-0.4, -0.2) is 42.3 Å². The minimum atomic E-state index is -4.71. The molecular formula is C12H11N2NaO6S. The molecule has 2 rings (SSSR count). The van der Waals surface area contributed by atoms with Crippen molar-refractivity contribution in [3.63, 3.8) is 0 Å². The van der Waals surface area contributed by atoms with E-state index >= 15 is 0 Å². The Hall–Kier alpha value is -1.26. The molecule has 1 fully saturated rings. The molecule has 8 nitrogen and oxygen atoms in total. The van der Waals surface area contributed by atoms with E-state index in [1.54, 1.807) is 6.92 Å². The first-order valence-corrected chi connectivity index (χ1v) is 7.39. The van der Waals surface area contributed by atoms with Crippen LogP contribution in [0, 0.1) is 0 Å². The second kappa shape index (κ2) is 6.88. The van der Waals surface area contributed by atoms with E-state index in [9.17, 15) is 27.4 Å². The van der Waals surface area contributed by atoms with E-state index < -0.39 is 39.3 Å². The third kappa shape index (κ3) is 3.55. The van der Waals surface area contributed by atoms with E-state index in [1.165, 1.54) is 12.1 Å². The average molecular weight is 334 g/mol. The Kier molecular flexibility index (Phi) is 5.88. The van der Waals surface area contributed by atoms with Gasteiger partial charge in [0.15, 0.2) is 0 Å². The van der Waals surface area contributed by atoms with E-state index in [2.05, 4.69) is 0 Å². The molecule has 0 bridgehead atoms. The predicted molar refractivity (Wildman–Crippen MR) is 69.3 cm³/mol. The maximum absolute atomic E-state index is 12.1. The maximum atomic E-state index is 12.1. The fourth-order valence-corrected chi connectivity index (χ4v) is 2.49. The summed E-state index contributed by atoms with van der Waals surface area (Å²) in [4.78, 5) is 36.6. The Morgan fingerprint density at radius 1 is 1.18 bits per heavy atom. The second-order valence-electron chi connectivity index (χ2n) is 4.28. The minimum absolute atomic E-state index is 0. The van der Waals surface area contributed by atoms with E-state index in [-0.39, 0.29) is 41.8 Å². The number of benzene rings is 1. The van der Waals surface area contributed by atoms with Crippen molar-refractivity contribution in [3.8, 4) is 0 Å². The summed E-state index contributed by atoms with van der Waals surface area (Å²) in [6.07, 6.45) is -0.492. The van der Waals surface area contributed by atoms with Gasteiger partial charge in [-0.2, -0.15) is 0 Å². The van der Waals surface area contributed by atoms with Crippen molar-refractivity contribution >= 4 is 33.7 Å². The molecule has 1 aliphatic rings. The Morgan fingerprint density at radius 2 is 1.82 bits per heavy atom. The van der Waals surface area contributed by atoms with E-state index in [0.29, 0.717) is 4.90 Å². The van der Waals surface area contributed by atoms with E-state index in [0.717, 1.165) is 17.0 Å². The first-order chi connectivity index (χ1) is 9.75. The van der Waals surface area contributed by atoms with Crippen LogP contribution < -0.4 is 34.5 Å². The summed E-state index contributed by atoms with van der Waals surface area (Å²) in [5, 5.41) is 0. The third-order valence-electron chi connectivity index (χ3n) is 2.96. The topological polar surface area (TPSA) is 115 Å². The van der Waals surface area contributed by atoms with Gasteiger partial charge in [-0.25, -0.2) is 18.1 Å². The Balaban J connectivity index is 0.00000242. The summed E-state index contributed by atoms with van der Waals surface area (Å²) in [5.74, 6) is -1.38. The Morgan fingerprint density at radius 3 is 2.36 bits per heavy atom. The smallest absolute Gasteiger partial charge is 0.744 e. The van der Waals surface area contributed by atoms with Crippen LogP contribution in [0.25, 0.3) is 0 Å². The van der Waals surface area contributed by atoms with Crippen LogP contribution in [0.1, 0.15) is 13.3 Å². The number of hydrogen-bond acceptors (Lipinski definition) is 6. The van der Waals surface area contributed by atoms with Crippen molar-refractivity contribution in [2.24, 2.45) is 0 Å². The fourth-order valence-electron chi connectivity index (χ4n) is 1.98. The summed E-state index contributed by atoms with van der Waals surface area (Å²) >= 11 is 0. The summed E-state index contributed by atoms with van der Waals surface area (Å²) in [6.45, 7) is 1.66. The van der Waals surface area contributed by atoms with Gasteiger partial charge in [0.25, 0.3) is 0 Å². The molecule has 1 aromatic rings. The Bertz CT molecular complexity index is 733. The number of barbiturate groups is 1. The number of imide groups is 2.